The minimum Gasteiger partial charge on any atom is -0.324 e. The summed E-state index contributed by atoms with van der Waals surface area (Å²) in [5.41, 5.74) is 0.774. The Morgan fingerprint density at radius 2 is 2.62 bits per heavy atom. The third-order valence-electron chi connectivity index (χ3n) is 2.80. The Morgan fingerprint density at radius 3 is 3.31 bits per heavy atom. The fourth-order valence-electron chi connectivity index (χ4n) is 2.08. The molecule has 0 aromatic carbocycles. The van der Waals surface area contributed by atoms with Gasteiger partial charge in [-0.25, -0.2) is 0 Å². The molecule has 1 saturated heterocycles. The normalized spacial score (nSPS) is 20.7. The molecule has 1 unspecified atom stereocenters. The molecule has 0 bridgehead atoms. The van der Waals surface area contributed by atoms with E-state index in [0.717, 1.165) is 25.3 Å². The van der Waals surface area contributed by atoms with Crippen molar-refractivity contribution >= 4 is 11.6 Å². The molecule has 0 saturated carbocycles. The van der Waals surface area contributed by atoms with Crippen LogP contribution in [0.3, 0.4) is 0 Å². The number of hydrogen-bond donors (Lipinski definition) is 2. The van der Waals surface area contributed by atoms with Crippen molar-refractivity contribution in [2.75, 3.05) is 18.4 Å². The van der Waals surface area contributed by atoms with E-state index in [0.29, 0.717) is 5.92 Å². The molecule has 5 heteroatoms. The first-order valence-electron chi connectivity index (χ1n) is 5.75. The van der Waals surface area contributed by atoms with Crippen LogP contribution in [-0.4, -0.2) is 28.8 Å². The fraction of sp³-hybridized carbons (Fsp3) is 0.636. The lowest BCUT2D eigenvalue weighted by Gasteiger charge is -2.22. The first-order valence-corrected chi connectivity index (χ1v) is 5.75. The molecular formula is C11H18N4O. The average molecular weight is 222 g/mol. The largest absolute Gasteiger partial charge is 0.324 e. The molecule has 1 amide bonds. The molecule has 1 fully saturated rings. The van der Waals surface area contributed by atoms with Gasteiger partial charge in [0.2, 0.25) is 5.91 Å². The maximum Gasteiger partial charge on any atom is 0.221 e. The molecule has 0 spiro atoms. The number of nitrogens with zero attached hydrogens (tertiary/aromatic N) is 2. The van der Waals surface area contributed by atoms with Gasteiger partial charge >= 0.3 is 0 Å². The minimum atomic E-state index is -0.0566. The summed E-state index contributed by atoms with van der Waals surface area (Å²) in [7, 11) is 0. The molecule has 0 radical (unpaired) electrons. The number of nitrogens with one attached hydrogen (secondary N) is 2. The van der Waals surface area contributed by atoms with Crippen LogP contribution >= 0.6 is 0 Å². The summed E-state index contributed by atoms with van der Waals surface area (Å²) < 4.78 is 1.91. The summed E-state index contributed by atoms with van der Waals surface area (Å²) >= 11 is 0. The summed E-state index contributed by atoms with van der Waals surface area (Å²) in [6, 6.07) is 0. The number of amides is 1. The van der Waals surface area contributed by atoms with Crippen molar-refractivity contribution in [2.45, 2.75) is 26.3 Å². The van der Waals surface area contributed by atoms with Crippen LogP contribution < -0.4 is 10.6 Å². The third kappa shape index (κ3) is 3.06. The number of hydrogen-bond acceptors (Lipinski definition) is 3. The highest BCUT2D eigenvalue weighted by molar-refractivity contribution is 5.88. The molecule has 16 heavy (non-hydrogen) atoms. The van der Waals surface area contributed by atoms with Crippen molar-refractivity contribution in [3.8, 4) is 0 Å². The van der Waals surface area contributed by atoms with E-state index < -0.39 is 0 Å². The molecule has 88 valence electrons. The lowest BCUT2D eigenvalue weighted by atomic mass is 10.00. The Morgan fingerprint density at radius 1 is 1.75 bits per heavy atom. The van der Waals surface area contributed by atoms with Crippen LogP contribution in [0.4, 0.5) is 5.69 Å². The number of aromatic nitrogens is 2. The van der Waals surface area contributed by atoms with Gasteiger partial charge in [-0.05, 0) is 31.8 Å². The average Bonchev–Trinajstić information content (AvgIpc) is 2.66. The molecule has 2 heterocycles. The highest BCUT2D eigenvalue weighted by Gasteiger charge is 2.13. The predicted molar refractivity (Wildman–Crippen MR) is 62.1 cm³/mol. The van der Waals surface area contributed by atoms with E-state index in [4.69, 9.17) is 0 Å². The van der Waals surface area contributed by atoms with E-state index in [1.54, 1.807) is 6.20 Å². The van der Waals surface area contributed by atoms with Gasteiger partial charge in [-0.1, -0.05) is 0 Å². The Kier molecular flexibility index (Phi) is 3.56. The van der Waals surface area contributed by atoms with Gasteiger partial charge in [0.05, 0.1) is 11.9 Å². The second kappa shape index (κ2) is 5.12. The van der Waals surface area contributed by atoms with Crippen molar-refractivity contribution in [2.24, 2.45) is 5.92 Å². The van der Waals surface area contributed by atoms with E-state index in [1.165, 1.54) is 19.8 Å². The van der Waals surface area contributed by atoms with Crippen molar-refractivity contribution in [3.05, 3.63) is 12.4 Å². The summed E-state index contributed by atoms with van der Waals surface area (Å²) in [4.78, 5) is 10.9. The van der Waals surface area contributed by atoms with E-state index >= 15 is 0 Å². The molecule has 0 aliphatic carbocycles. The molecule has 2 rings (SSSR count). The zero-order valence-electron chi connectivity index (χ0n) is 9.57. The fourth-order valence-corrected chi connectivity index (χ4v) is 2.08. The molecule has 1 aliphatic rings. The molecule has 1 atom stereocenters. The van der Waals surface area contributed by atoms with Crippen LogP contribution in [-0.2, 0) is 11.3 Å². The number of rotatable bonds is 3. The van der Waals surface area contributed by atoms with Gasteiger partial charge in [0.25, 0.3) is 0 Å². The monoisotopic (exact) mass is 222 g/mol. The number of carbonyl (C=O) groups excluding carboxylic acids is 1. The van der Waals surface area contributed by atoms with Gasteiger partial charge in [-0.2, -0.15) is 5.10 Å². The van der Waals surface area contributed by atoms with Gasteiger partial charge in [0, 0.05) is 19.7 Å². The first-order chi connectivity index (χ1) is 7.74. The SMILES string of the molecule is CC(=O)Nc1cnn(CC2CCCNC2)c1. The lowest BCUT2D eigenvalue weighted by molar-refractivity contribution is -0.114. The lowest BCUT2D eigenvalue weighted by Crippen LogP contribution is -2.32. The topological polar surface area (TPSA) is 59.0 Å². The summed E-state index contributed by atoms with van der Waals surface area (Å²) in [6.07, 6.45) is 6.07. The number of carbonyl (C=O) groups is 1. The highest BCUT2D eigenvalue weighted by Crippen LogP contribution is 2.13. The van der Waals surface area contributed by atoms with Crippen LogP contribution in [0, 0.1) is 5.92 Å². The van der Waals surface area contributed by atoms with E-state index in [9.17, 15) is 4.79 Å². The van der Waals surface area contributed by atoms with E-state index in [1.807, 2.05) is 10.9 Å². The molecule has 2 N–H and O–H groups in total. The molecular weight excluding hydrogens is 204 g/mol. The Bertz CT molecular complexity index is 355. The first kappa shape index (κ1) is 11.1. The Hall–Kier alpha value is -1.36. The summed E-state index contributed by atoms with van der Waals surface area (Å²) in [5.74, 6) is 0.595. The zero-order chi connectivity index (χ0) is 11.4. The van der Waals surface area contributed by atoms with Gasteiger partial charge in [0.15, 0.2) is 0 Å². The molecule has 1 aliphatic heterocycles. The quantitative estimate of drug-likeness (QED) is 0.796. The highest BCUT2D eigenvalue weighted by atomic mass is 16.1. The van der Waals surface area contributed by atoms with Crippen molar-refractivity contribution in [3.63, 3.8) is 0 Å². The van der Waals surface area contributed by atoms with E-state index in [2.05, 4.69) is 15.7 Å². The van der Waals surface area contributed by atoms with Gasteiger partial charge < -0.3 is 10.6 Å². The molecule has 1 aromatic rings. The van der Waals surface area contributed by atoms with Gasteiger partial charge in [0.1, 0.15) is 0 Å². The zero-order valence-corrected chi connectivity index (χ0v) is 9.57. The maximum absolute atomic E-state index is 10.9. The maximum atomic E-state index is 10.9. The Labute approximate surface area is 95.2 Å². The standard InChI is InChI=1S/C11H18N4O/c1-9(16)14-11-6-13-15(8-11)7-10-3-2-4-12-5-10/h6,8,10,12H,2-5,7H2,1H3,(H,14,16). The third-order valence-corrected chi connectivity index (χ3v) is 2.80. The van der Waals surface area contributed by atoms with Crippen LogP contribution in [0.25, 0.3) is 0 Å². The second-order valence-electron chi connectivity index (χ2n) is 4.34. The molecule has 1 aromatic heterocycles. The van der Waals surface area contributed by atoms with Gasteiger partial charge in [-0.3, -0.25) is 9.48 Å². The molecule has 5 nitrogen and oxygen atoms in total. The predicted octanol–water partition coefficient (Wildman–Crippen LogP) is 0.841. The Balaban J connectivity index is 1.88. The number of anilines is 1. The van der Waals surface area contributed by atoms with Crippen molar-refractivity contribution in [1.82, 2.24) is 15.1 Å². The van der Waals surface area contributed by atoms with Crippen LogP contribution in [0.15, 0.2) is 12.4 Å². The van der Waals surface area contributed by atoms with E-state index in [-0.39, 0.29) is 5.91 Å². The minimum absolute atomic E-state index is 0.0566. The van der Waals surface area contributed by atoms with Crippen molar-refractivity contribution in [1.29, 1.82) is 0 Å². The summed E-state index contributed by atoms with van der Waals surface area (Å²) in [6.45, 7) is 4.62. The van der Waals surface area contributed by atoms with Crippen molar-refractivity contribution < 1.29 is 4.79 Å². The summed E-state index contributed by atoms with van der Waals surface area (Å²) in [5, 5.41) is 10.3. The van der Waals surface area contributed by atoms with Crippen LogP contribution in [0.1, 0.15) is 19.8 Å². The number of piperidine rings is 1. The second-order valence-corrected chi connectivity index (χ2v) is 4.34. The van der Waals surface area contributed by atoms with Crippen LogP contribution in [0.5, 0.6) is 0 Å². The van der Waals surface area contributed by atoms with Crippen LogP contribution in [0.2, 0.25) is 0 Å². The van der Waals surface area contributed by atoms with Gasteiger partial charge in [-0.15, -0.1) is 0 Å². The smallest absolute Gasteiger partial charge is 0.221 e.